The number of methoxy groups -OCH3 is 1. The highest BCUT2D eigenvalue weighted by Crippen LogP contribution is 2.27. The minimum Gasteiger partial charge on any atom is -0.493 e. The van der Waals surface area contributed by atoms with Gasteiger partial charge in [0.25, 0.3) is 5.91 Å². The van der Waals surface area contributed by atoms with Crippen LogP contribution in [-0.2, 0) is 14.3 Å². The zero-order valence-electron chi connectivity index (χ0n) is 14.7. The fourth-order valence-electron chi connectivity index (χ4n) is 2.10. The van der Waals surface area contributed by atoms with Gasteiger partial charge < -0.3 is 19.5 Å². The molecule has 27 heavy (non-hydrogen) atoms. The number of halogens is 1. The minimum atomic E-state index is -1.04. The number of aldehydes is 1. The molecule has 0 saturated carbocycles. The van der Waals surface area contributed by atoms with E-state index in [1.807, 2.05) is 0 Å². The fraction of sp³-hybridized carbons (Fsp3) is 0.211. The van der Waals surface area contributed by atoms with Gasteiger partial charge in [-0.15, -0.1) is 0 Å². The van der Waals surface area contributed by atoms with Crippen molar-refractivity contribution in [3.8, 4) is 11.5 Å². The molecule has 8 heteroatoms. The summed E-state index contributed by atoms with van der Waals surface area (Å²) in [7, 11) is 1.41. The molecular weight excluding hydrogens is 374 g/mol. The molecule has 1 amide bonds. The van der Waals surface area contributed by atoms with E-state index in [1.54, 1.807) is 24.3 Å². The van der Waals surface area contributed by atoms with Crippen LogP contribution in [-0.4, -0.2) is 38.0 Å². The summed E-state index contributed by atoms with van der Waals surface area (Å²) in [5.41, 5.74) is 0.829. The topological polar surface area (TPSA) is 90.9 Å². The second kappa shape index (κ2) is 9.59. The molecule has 142 valence electrons. The molecular formula is C19H18ClNO6. The summed E-state index contributed by atoms with van der Waals surface area (Å²) in [6.45, 7) is 1.00. The van der Waals surface area contributed by atoms with Crippen LogP contribution in [0.1, 0.15) is 17.3 Å². The van der Waals surface area contributed by atoms with Gasteiger partial charge in [0.15, 0.2) is 24.2 Å². The highest BCUT2D eigenvalue weighted by molar-refractivity contribution is 6.33. The Morgan fingerprint density at radius 1 is 1.19 bits per heavy atom. The number of amides is 1. The monoisotopic (exact) mass is 391 g/mol. The van der Waals surface area contributed by atoms with Crippen LogP contribution in [0.3, 0.4) is 0 Å². The van der Waals surface area contributed by atoms with E-state index < -0.39 is 24.6 Å². The second-order valence-electron chi connectivity index (χ2n) is 5.42. The lowest BCUT2D eigenvalue weighted by atomic mass is 10.2. The Morgan fingerprint density at radius 2 is 1.93 bits per heavy atom. The van der Waals surface area contributed by atoms with Gasteiger partial charge >= 0.3 is 5.97 Å². The van der Waals surface area contributed by atoms with Crippen LogP contribution in [0.15, 0.2) is 42.5 Å². The molecule has 0 aliphatic rings. The molecule has 0 heterocycles. The average molecular weight is 392 g/mol. The van der Waals surface area contributed by atoms with E-state index in [4.69, 9.17) is 25.8 Å². The van der Waals surface area contributed by atoms with Gasteiger partial charge in [-0.05, 0) is 37.3 Å². The van der Waals surface area contributed by atoms with Crippen molar-refractivity contribution in [2.75, 3.05) is 19.0 Å². The summed E-state index contributed by atoms with van der Waals surface area (Å²) in [5, 5.41) is 2.95. The largest absolute Gasteiger partial charge is 0.493 e. The molecule has 0 spiro atoms. The predicted octanol–water partition coefficient (Wildman–Crippen LogP) is 3.11. The van der Waals surface area contributed by atoms with Gasteiger partial charge in [0, 0.05) is 5.56 Å². The van der Waals surface area contributed by atoms with Crippen LogP contribution in [0, 0.1) is 0 Å². The highest BCUT2D eigenvalue weighted by atomic mass is 35.5. The van der Waals surface area contributed by atoms with Crippen molar-refractivity contribution in [1.82, 2.24) is 0 Å². The second-order valence-corrected chi connectivity index (χ2v) is 5.83. The van der Waals surface area contributed by atoms with E-state index in [9.17, 15) is 14.4 Å². The zero-order valence-corrected chi connectivity index (χ0v) is 15.5. The number of carbonyl (C=O) groups excluding carboxylic acids is 3. The lowest BCUT2D eigenvalue weighted by Gasteiger charge is -2.15. The van der Waals surface area contributed by atoms with Crippen LogP contribution in [0.5, 0.6) is 11.5 Å². The number of carbonyl (C=O) groups is 3. The van der Waals surface area contributed by atoms with Gasteiger partial charge in [0.1, 0.15) is 6.29 Å². The minimum absolute atomic E-state index is 0.272. The number of rotatable bonds is 8. The third-order valence-electron chi connectivity index (χ3n) is 3.48. The molecule has 0 saturated heterocycles. The molecule has 0 aliphatic heterocycles. The lowest BCUT2D eigenvalue weighted by Crippen LogP contribution is -2.31. The van der Waals surface area contributed by atoms with E-state index >= 15 is 0 Å². The molecule has 0 unspecified atom stereocenters. The van der Waals surface area contributed by atoms with Crippen LogP contribution < -0.4 is 14.8 Å². The Morgan fingerprint density at radius 3 is 2.59 bits per heavy atom. The molecule has 0 bridgehead atoms. The molecule has 1 atom stereocenters. The van der Waals surface area contributed by atoms with Crippen molar-refractivity contribution in [2.45, 2.75) is 13.0 Å². The predicted molar refractivity (Wildman–Crippen MR) is 99.5 cm³/mol. The van der Waals surface area contributed by atoms with Crippen LogP contribution in [0.4, 0.5) is 5.69 Å². The Hall–Kier alpha value is -3.06. The van der Waals surface area contributed by atoms with Gasteiger partial charge in [-0.25, -0.2) is 4.79 Å². The Balaban J connectivity index is 1.89. The third-order valence-corrected chi connectivity index (χ3v) is 3.81. The third kappa shape index (κ3) is 5.72. The molecule has 2 rings (SSSR count). The number of benzene rings is 2. The average Bonchev–Trinajstić information content (AvgIpc) is 2.67. The summed E-state index contributed by atoms with van der Waals surface area (Å²) in [6.07, 6.45) is -0.378. The van der Waals surface area contributed by atoms with E-state index in [-0.39, 0.29) is 5.75 Å². The summed E-state index contributed by atoms with van der Waals surface area (Å²) in [5.74, 6) is -0.687. The summed E-state index contributed by atoms with van der Waals surface area (Å²) in [4.78, 5) is 34.8. The van der Waals surface area contributed by atoms with E-state index in [1.165, 1.54) is 32.2 Å². The molecule has 1 N–H and O–H groups in total. The van der Waals surface area contributed by atoms with Crippen molar-refractivity contribution in [3.63, 3.8) is 0 Å². The normalized spacial score (nSPS) is 11.2. The van der Waals surface area contributed by atoms with Gasteiger partial charge in [0.05, 0.1) is 17.8 Å². The van der Waals surface area contributed by atoms with Crippen molar-refractivity contribution < 1.29 is 28.6 Å². The SMILES string of the molecule is COc1cc(C=O)ccc1OCC(=O)O[C@H](C)C(=O)Nc1ccccc1Cl. The molecule has 0 fully saturated rings. The van der Waals surface area contributed by atoms with Crippen molar-refractivity contribution in [2.24, 2.45) is 0 Å². The maximum atomic E-state index is 12.1. The number of ether oxygens (including phenoxy) is 3. The smallest absolute Gasteiger partial charge is 0.344 e. The van der Waals surface area contributed by atoms with Crippen LogP contribution in [0.2, 0.25) is 5.02 Å². The number of esters is 1. The van der Waals surface area contributed by atoms with Gasteiger partial charge in [-0.3, -0.25) is 9.59 Å². The molecule has 2 aromatic rings. The summed E-state index contributed by atoms with van der Waals surface area (Å²) >= 11 is 5.97. The first-order chi connectivity index (χ1) is 12.9. The molecule has 7 nitrogen and oxygen atoms in total. The molecule has 0 aliphatic carbocycles. The number of nitrogens with one attached hydrogen (secondary N) is 1. The standard InChI is InChI=1S/C19H18ClNO6/c1-12(19(24)21-15-6-4-3-5-14(15)20)27-18(23)11-26-16-8-7-13(10-22)9-17(16)25-2/h3-10,12H,11H2,1-2H3,(H,21,24)/t12-/m1/s1. The molecule has 2 aromatic carbocycles. The van der Waals surface area contributed by atoms with Crippen LogP contribution in [0.25, 0.3) is 0 Å². The Bertz CT molecular complexity index is 839. The van der Waals surface area contributed by atoms with Crippen molar-refractivity contribution in [3.05, 3.63) is 53.1 Å². The van der Waals surface area contributed by atoms with Gasteiger partial charge in [0.2, 0.25) is 0 Å². The molecule has 0 radical (unpaired) electrons. The first-order valence-electron chi connectivity index (χ1n) is 7.95. The summed E-state index contributed by atoms with van der Waals surface area (Å²) in [6, 6.07) is 11.2. The van der Waals surface area contributed by atoms with Gasteiger partial charge in [-0.1, -0.05) is 23.7 Å². The lowest BCUT2D eigenvalue weighted by molar-refractivity contribution is -0.155. The van der Waals surface area contributed by atoms with Gasteiger partial charge in [-0.2, -0.15) is 0 Å². The zero-order chi connectivity index (χ0) is 19.8. The molecule has 0 aromatic heterocycles. The highest BCUT2D eigenvalue weighted by Gasteiger charge is 2.19. The number of para-hydroxylation sites is 1. The fourth-order valence-corrected chi connectivity index (χ4v) is 2.28. The maximum Gasteiger partial charge on any atom is 0.344 e. The van der Waals surface area contributed by atoms with E-state index in [0.717, 1.165) is 0 Å². The van der Waals surface area contributed by atoms with E-state index in [2.05, 4.69) is 5.32 Å². The Labute approximate surface area is 161 Å². The van der Waals surface area contributed by atoms with E-state index in [0.29, 0.717) is 28.3 Å². The Kier molecular flexibility index (Phi) is 7.19. The number of hydrogen-bond donors (Lipinski definition) is 1. The summed E-state index contributed by atoms with van der Waals surface area (Å²) < 4.78 is 15.5. The quantitative estimate of drug-likeness (QED) is 0.549. The first-order valence-corrected chi connectivity index (χ1v) is 8.33. The number of anilines is 1. The maximum absolute atomic E-state index is 12.1. The number of hydrogen-bond acceptors (Lipinski definition) is 6. The first kappa shape index (κ1) is 20.3. The van der Waals surface area contributed by atoms with Crippen molar-refractivity contribution in [1.29, 1.82) is 0 Å². The van der Waals surface area contributed by atoms with Crippen LogP contribution >= 0.6 is 11.6 Å². The van der Waals surface area contributed by atoms with Crippen molar-refractivity contribution >= 4 is 35.5 Å².